The number of likely N-dealkylation sites (N-methyl/N-ethyl adjacent to an activating group) is 1. The van der Waals surface area contributed by atoms with Gasteiger partial charge in [0.2, 0.25) is 0 Å². The molecule has 0 aromatic rings. The van der Waals surface area contributed by atoms with Crippen LogP contribution in [0.15, 0.2) is 17.2 Å². The molecule has 1 heterocycles. The van der Waals surface area contributed by atoms with Gasteiger partial charge in [0.1, 0.15) is 17.7 Å². The third kappa shape index (κ3) is 1.54. The number of carbonyl (C=O) groups is 1. The van der Waals surface area contributed by atoms with Crippen LogP contribution in [-0.2, 0) is 9.59 Å². The van der Waals surface area contributed by atoms with Crippen molar-refractivity contribution in [3.05, 3.63) is 17.2 Å². The molecule has 0 radical (unpaired) electrons. The molecule has 1 atom stereocenters. The van der Waals surface area contributed by atoms with Crippen molar-refractivity contribution in [2.45, 2.75) is 20.1 Å². The number of nitrogens with zero attached hydrogens (tertiary/aromatic N) is 1. The van der Waals surface area contributed by atoms with Gasteiger partial charge in [-0.3, -0.25) is 4.79 Å². The summed E-state index contributed by atoms with van der Waals surface area (Å²) in [5.74, 6) is 1.13. The van der Waals surface area contributed by atoms with Gasteiger partial charge in [0, 0.05) is 6.54 Å². The van der Waals surface area contributed by atoms with E-state index in [2.05, 4.69) is 0 Å². The van der Waals surface area contributed by atoms with E-state index in [9.17, 15) is 14.7 Å². The predicted octanol–water partition coefficient (Wildman–Crippen LogP) is -0.129. The van der Waals surface area contributed by atoms with Gasteiger partial charge in [-0.05, 0) is 25.5 Å². The quantitative estimate of drug-likeness (QED) is 0.453. The number of amides is 1. The first-order valence-corrected chi connectivity index (χ1v) is 4.04. The summed E-state index contributed by atoms with van der Waals surface area (Å²) < 4.78 is 0. The lowest BCUT2D eigenvalue weighted by molar-refractivity contribution is -0.134. The molecule has 0 saturated carbocycles. The van der Waals surface area contributed by atoms with Crippen molar-refractivity contribution in [1.82, 2.24) is 4.90 Å². The lowest BCUT2D eigenvalue weighted by atomic mass is 10.0. The zero-order valence-corrected chi connectivity index (χ0v) is 7.57. The Balaban J connectivity index is 3.14. The smallest absolute Gasteiger partial charge is 0.267 e. The van der Waals surface area contributed by atoms with E-state index in [4.69, 9.17) is 0 Å². The molecule has 1 aliphatic heterocycles. The maximum absolute atomic E-state index is 11.4. The first-order valence-electron chi connectivity index (χ1n) is 4.04. The van der Waals surface area contributed by atoms with E-state index >= 15 is 0 Å². The van der Waals surface area contributed by atoms with Crippen molar-refractivity contribution in [2.75, 3.05) is 6.54 Å². The highest BCUT2D eigenvalue weighted by molar-refractivity contribution is 6.05. The normalized spacial score (nSPS) is 22.8. The molecular formula is C9H11NO3. The summed E-state index contributed by atoms with van der Waals surface area (Å²) in [5.41, 5.74) is 0.490. The number of carbonyl (C=O) groups excluding carboxylic acids is 2. The van der Waals surface area contributed by atoms with E-state index in [0.717, 1.165) is 0 Å². The van der Waals surface area contributed by atoms with Crippen molar-refractivity contribution < 1.29 is 14.7 Å². The van der Waals surface area contributed by atoms with Crippen LogP contribution in [0.25, 0.3) is 0 Å². The van der Waals surface area contributed by atoms with Crippen LogP contribution in [0.2, 0.25) is 0 Å². The lowest BCUT2D eigenvalue weighted by Gasteiger charge is -2.29. The summed E-state index contributed by atoms with van der Waals surface area (Å²) >= 11 is 0. The van der Waals surface area contributed by atoms with E-state index in [1.165, 1.54) is 11.0 Å². The molecule has 0 bridgehead atoms. The van der Waals surface area contributed by atoms with Crippen molar-refractivity contribution in [1.29, 1.82) is 0 Å². The summed E-state index contributed by atoms with van der Waals surface area (Å²) in [5, 5.41) is 9.41. The Morgan fingerprint density at radius 3 is 2.77 bits per heavy atom. The molecule has 0 saturated heterocycles. The fourth-order valence-corrected chi connectivity index (χ4v) is 1.28. The number of aliphatic hydroxyl groups excluding tert-OH is 1. The van der Waals surface area contributed by atoms with Crippen LogP contribution < -0.4 is 0 Å². The monoisotopic (exact) mass is 181 g/mol. The number of rotatable bonds is 1. The number of hydrogen-bond donors (Lipinski definition) is 1. The minimum Gasteiger partial charge on any atom is -0.370 e. The average Bonchev–Trinajstić information content (AvgIpc) is 2.04. The highest BCUT2D eigenvalue weighted by Gasteiger charge is 2.28. The van der Waals surface area contributed by atoms with Gasteiger partial charge in [0.25, 0.3) is 5.91 Å². The highest BCUT2D eigenvalue weighted by Crippen LogP contribution is 2.18. The molecule has 0 fully saturated rings. The minimum absolute atomic E-state index is 0.00662. The second kappa shape index (κ2) is 3.56. The van der Waals surface area contributed by atoms with E-state index in [0.29, 0.717) is 12.1 Å². The summed E-state index contributed by atoms with van der Waals surface area (Å²) in [6.45, 7) is 3.71. The summed E-state index contributed by atoms with van der Waals surface area (Å²) in [6.07, 6.45) is 0.542. The number of hydrogen-bond acceptors (Lipinski definition) is 3. The van der Waals surface area contributed by atoms with E-state index in [-0.39, 0.29) is 5.57 Å². The molecule has 0 aliphatic carbocycles. The van der Waals surface area contributed by atoms with Crippen molar-refractivity contribution in [3.63, 3.8) is 0 Å². The van der Waals surface area contributed by atoms with Gasteiger partial charge in [0.15, 0.2) is 0 Å². The average molecular weight is 181 g/mol. The van der Waals surface area contributed by atoms with Gasteiger partial charge in [0.05, 0.1) is 0 Å². The van der Waals surface area contributed by atoms with Crippen LogP contribution in [0.1, 0.15) is 13.8 Å². The molecule has 1 unspecified atom stereocenters. The maximum atomic E-state index is 11.4. The molecule has 0 aromatic carbocycles. The Hall–Kier alpha value is -1.38. The largest absolute Gasteiger partial charge is 0.370 e. The Kier molecular flexibility index (Phi) is 2.66. The van der Waals surface area contributed by atoms with Crippen LogP contribution in [0, 0.1) is 0 Å². The second-order valence-corrected chi connectivity index (χ2v) is 2.83. The second-order valence-electron chi connectivity index (χ2n) is 2.83. The van der Waals surface area contributed by atoms with E-state index in [1.807, 2.05) is 0 Å². The lowest BCUT2D eigenvalue weighted by Crippen LogP contribution is -2.43. The Labute approximate surface area is 76.2 Å². The standard InChI is InChI=1S/C9H11NO3/c1-3-10-8(12)4-6(2)7(5-11)9(10)13/h4,8,12H,3H2,1-2H3. The van der Waals surface area contributed by atoms with Gasteiger partial charge in [-0.2, -0.15) is 0 Å². The fraction of sp³-hybridized carbons (Fsp3) is 0.444. The zero-order chi connectivity index (χ0) is 10.0. The highest BCUT2D eigenvalue weighted by atomic mass is 16.3. The first kappa shape index (κ1) is 9.71. The molecule has 13 heavy (non-hydrogen) atoms. The van der Waals surface area contributed by atoms with Gasteiger partial charge >= 0.3 is 0 Å². The van der Waals surface area contributed by atoms with Gasteiger partial charge in [-0.15, -0.1) is 0 Å². The zero-order valence-electron chi connectivity index (χ0n) is 7.57. The Morgan fingerprint density at radius 2 is 2.31 bits per heavy atom. The molecule has 1 rings (SSSR count). The molecule has 4 nitrogen and oxygen atoms in total. The Bertz CT molecular complexity index is 313. The van der Waals surface area contributed by atoms with Gasteiger partial charge in [-0.1, -0.05) is 0 Å². The molecule has 4 heteroatoms. The van der Waals surface area contributed by atoms with Crippen LogP contribution in [0.5, 0.6) is 0 Å². The van der Waals surface area contributed by atoms with Crippen molar-refractivity contribution in [2.24, 2.45) is 0 Å². The van der Waals surface area contributed by atoms with Gasteiger partial charge in [-0.25, -0.2) is 4.79 Å². The number of aliphatic hydroxyl groups is 1. The molecular weight excluding hydrogens is 170 g/mol. The molecule has 0 aromatic heterocycles. The minimum atomic E-state index is -0.922. The van der Waals surface area contributed by atoms with Crippen LogP contribution in [-0.4, -0.2) is 34.6 Å². The van der Waals surface area contributed by atoms with E-state index in [1.54, 1.807) is 19.8 Å². The van der Waals surface area contributed by atoms with E-state index < -0.39 is 12.1 Å². The molecule has 0 spiro atoms. The SMILES string of the molecule is CCN1C(=O)C(=C=O)C(C)=CC1O. The van der Waals surface area contributed by atoms with Crippen molar-refractivity contribution >= 4 is 11.8 Å². The molecule has 1 aliphatic rings. The molecule has 1 amide bonds. The maximum Gasteiger partial charge on any atom is 0.267 e. The summed E-state index contributed by atoms with van der Waals surface area (Å²) in [6, 6.07) is 0. The molecule has 70 valence electrons. The summed E-state index contributed by atoms with van der Waals surface area (Å²) in [4.78, 5) is 23.1. The Morgan fingerprint density at radius 1 is 1.69 bits per heavy atom. The third-order valence-electron chi connectivity index (χ3n) is 2.03. The summed E-state index contributed by atoms with van der Waals surface area (Å²) in [7, 11) is 0. The predicted molar refractivity (Wildman–Crippen MR) is 46.4 cm³/mol. The van der Waals surface area contributed by atoms with Crippen LogP contribution in [0.3, 0.4) is 0 Å². The van der Waals surface area contributed by atoms with Crippen LogP contribution in [0.4, 0.5) is 0 Å². The first-order chi connectivity index (χ1) is 6.11. The molecule has 1 N–H and O–H groups in total. The topological polar surface area (TPSA) is 57.6 Å². The third-order valence-corrected chi connectivity index (χ3v) is 2.03. The van der Waals surface area contributed by atoms with Crippen LogP contribution >= 0.6 is 0 Å². The van der Waals surface area contributed by atoms with Gasteiger partial charge < -0.3 is 10.0 Å². The fourth-order valence-electron chi connectivity index (χ4n) is 1.28. The van der Waals surface area contributed by atoms with Crippen molar-refractivity contribution in [3.8, 4) is 0 Å².